The Labute approximate surface area is 171 Å². The van der Waals surface area contributed by atoms with E-state index in [4.69, 9.17) is 9.47 Å². The van der Waals surface area contributed by atoms with E-state index in [2.05, 4.69) is 12.1 Å². The lowest BCUT2D eigenvalue weighted by molar-refractivity contribution is -0.194. The molecule has 154 valence electrons. The van der Waals surface area contributed by atoms with Gasteiger partial charge in [-0.1, -0.05) is 27.7 Å². The van der Waals surface area contributed by atoms with Crippen LogP contribution in [0, 0.1) is 44.3 Å². The van der Waals surface area contributed by atoms with Gasteiger partial charge in [0, 0.05) is 5.75 Å². The highest BCUT2D eigenvalue weighted by molar-refractivity contribution is 8.01. The molecule has 2 rings (SSSR count). The maximum atomic E-state index is 13.5. The van der Waals surface area contributed by atoms with Crippen LogP contribution in [0.4, 0.5) is 0 Å². The van der Waals surface area contributed by atoms with Crippen LogP contribution in [0.25, 0.3) is 0 Å². The molecule has 0 unspecified atom stereocenters. The summed E-state index contributed by atoms with van der Waals surface area (Å²) in [5, 5.41) is 20.7. The maximum Gasteiger partial charge on any atom is 0.330 e. The highest BCUT2D eigenvalue weighted by atomic mass is 32.2. The van der Waals surface area contributed by atoms with Crippen LogP contribution < -0.4 is 0 Å². The summed E-state index contributed by atoms with van der Waals surface area (Å²) in [4.78, 5) is 26.7. The van der Waals surface area contributed by atoms with E-state index >= 15 is 0 Å². The number of ether oxygens (including phenoxy) is 2. The molecule has 1 aliphatic carbocycles. The third kappa shape index (κ3) is 2.45. The van der Waals surface area contributed by atoms with E-state index in [0.717, 1.165) is 6.42 Å². The average molecular weight is 407 g/mol. The molecule has 28 heavy (non-hydrogen) atoms. The van der Waals surface area contributed by atoms with Crippen LogP contribution in [-0.4, -0.2) is 34.6 Å². The number of hydrogen-bond acceptors (Lipinski definition) is 7. The molecule has 1 saturated heterocycles. The van der Waals surface area contributed by atoms with Crippen LogP contribution in [0.5, 0.6) is 0 Å². The standard InChI is InChI=1S/C21H30N2O4S/c1-13(2)26-15(24)19(10-22)12-28-21(17(5,6)9-18(21,7)8)20(19,11-23)16(25)27-14(3)4/h13-14H,9,12H2,1-8H3/t19-,20-/m1/s1. The Morgan fingerprint density at radius 1 is 0.893 bits per heavy atom. The topological polar surface area (TPSA) is 100 Å². The number of thioether (sulfide) groups is 1. The van der Waals surface area contributed by atoms with E-state index in [9.17, 15) is 20.1 Å². The van der Waals surface area contributed by atoms with Gasteiger partial charge in [-0.2, -0.15) is 10.5 Å². The fourth-order valence-electron chi connectivity index (χ4n) is 5.83. The monoisotopic (exact) mass is 406 g/mol. The second-order valence-corrected chi connectivity index (χ2v) is 10.9. The number of carbonyl (C=O) groups is 2. The Morgan fingerprint density at radius 2 is 1.36 bits per heavy atom. The minimum absolute atomic E-state index is 0.0165. The predicted molar refractivity (Wildman–Crippen MR) is 106 cm³/mol. The lowest BCUT2D eigenvalue weighted by Gasteiger charge is -2.69. The van der Waals surface area contributed by atoms with E-state index in [1.54, 1.807) is 27.7 Å². The minimum Gasteiger partial charge on any atom is -0.462 e. The molecule has 2 atom stereocenters. The molecule has 0 aromatic rings. The van der Waals surface area contributed by atoms with Gasteiger partial charge in [-0.15, -0.1) is 11.8 Å². The van der Waals surface area contributed by atoms with E-state index in [1.165, 1.54) is 11.8 Å². The molecule has 2 fully saturated rings. The van der Waals surface area contributed by atoms with Crippen molar-refractivity contribution >= 4 is 23.7 Å². The second kappa shape index (κ2) is 6.66. The summed E-state index contributed by atoms with van der Waals surface area (Å²) in [5.41, 5.74) is -4.81. The SMILES string of the molecule is CC(C)OC(=O)[C@@]1(C#N)C2(SC[C@]1(C#N)C(=O)OC(C)C)C(C)(C)CC2(C)C. The zero-order valence-corrected chi connectivity index (χ0v) is 18.8. The van der Waals surface area contributed by atoms with Gasteiger partial charge >= 0.3 is 11.9 Å². The molecule has 1 heterocycles. The Bertz CT molecular complexity index is 760. The van der Waals surface area contributed by atoms with Crippen molar-refractivity contribution in [1.82, 2.24) is 0 Å². The molecule has 0 amide bonds. The zero-order chi connectivity index (χ0) is 21.8. The number of esters is 2. The van der Waals surface area contributed by atoms with Crippen molar-refractivity contribution in [2.75, 3.05) is 5.75 Å². The predicted octanol–water partition coefficient (Wildman–Crippen LogP) is 3.85. The van der Waals surface area contributed by atoms with Crippen LogP contribution in [0.2, 0.25) is 0 Å². The van der Waals surface area contributed by atoms with Gasteiger partial charge in [0.25, 0.3) is 0 Å². The highest BCUT2D eigenvalue weighted by Crippen LogP contribution is 2.81. The summed E-state index contributed by atoms with van der Waals surface area (Å²) >= 11 is 1.37. The van der Waals surface area contributed by atoms with Gasteiger partial charge in [0.15, 0.2) is 10.8 Å². The highest BCUT2D eigenvalue weighted by Gasteiger charge is 2.88. The number of nitriles is 2. The quantitative estimate of drug-likeness (QED) is 0.654. The van der Waals surface area contributed by atoms with Crippen LogP contribution in [0.3, 0.4) is 0 Å². The van der Waals surface area contributed by atoms with Crippen molar-refractivity contribution in [2.45, 2.75) is 78.8 Å². The first-order chi connectivity index (χ1) is 12.7. The van der Waals surface area contributed by atoms with Gasteiger partial charge in [0.05, 0.1) is 29.1 Å². The molecule has 0 aromatic carbocycles. The maximum absolute atomic E-state index is 13.5. The smallest absolute Gasteiger partial charge is 0.330 e. The number of hydrogen-bond donors (Lipinski definition) is 0. The van der Waals surface area contributed by atoms with Crippen LogP contribution >= 0.6 is 11.8 Å². The van der Waals surface area contributed by atoms with Gasteiger partial charge in [-0.3, -0.25) is 9.59 Å². The Hall–Kier alpha value is -1.73. The normalized spacial score (nSPS) is 31.7. The third-order valence-electron chi connectivity index (χ3n) is 6.16. The first-order valence-electron chi connectivity index (χ1n) is 9.60. The van der Waals surface area contributed by atoms with E-state index in [1.807, 2.05) is 27.7 Å². The van der Waals surface area contributed by atoms with Crippen LogP contribution in [0.15, 0.2) is 0 Å². The molecule has 2 aliphatic rings. The van der Waals surface area contributed by atoms with Crippen molar-refractivity contribution in [2.24, 2.45) is 21.7 Å². The van der Waals surface area contributed by atoms with Crippen LogP contribution in [0.1, 0.15) is 61.8 Å². The minimum atomic E-state index is -1.97. The molecule has 1 saturated carbocycles. The first-order valence-corrected chi connectivity index (χ1v) is 10.6. The largest absolute Gasteiger partial charge is 0.462 e. The number of nitrogens with zero attached hydrogens (tertiary/aromatic N) is 2. The van der Waals surface area contributed by atoms with E-state index in [-0.39, 0.29) is 5.75 Å². The zero-order valence-electron chi connectivity index (χ0n) is 18.0. The summed E-state index contributed by atoms with van der Waals surface area (Å²) in [7, 11) is 0. The summed E-state index contributed by atoms with van der Waals surface area (Å²) in [5.74, 6) is -1.61. The molecule has 1 spiro atoms. The van der Waals surface area contributed by atoms with Crippen molar-refractivity contribution in [1.29, 1.82) is 10.5 Å². The molecule has 0 aromatic heterocycles. The fraction of sp³-hybridized carbons (Fsp3) is 0.810. The number of carbonyl (C=O) groups excluding carboxylic acids is 2. The molecule has 6 nitrogen and oxygen atoms in total. The average Bonchev–Trinajstić information content (AvgIpc) is 2.88. The first kappa shape index (κ1) is 22.6. The summed E-state index contributed by atoms with van der Waals surface area (Å²) in [6.07, 6.45) is -0.199. The lowest BCUT2D eigenvalue weighted by atomic mass is 9.37. The molecular weight excluding hydrogens is 376 g/mol. The molecular formula is C21H30N2O4S. The van der Waals surface area contributed by atoms with Gasteiger partial charge in [-0.05, 0) is 44.9 Å². The van der Waals surface area contributed by atoms with Crippen molar-refractivity contribution in [3.8, 4) is 12.1 Å². The molecule has 0 N–H and O–H groups in total. The van der Waals surface area contributed by atoms with Gasteiger partial charge in [0.2, 0.25) is 0 Å². The molecule has 0 radical (unpaired) electrons. The Balaban J connectivity index is 2.86. The summed E-state index contributed by atoms with van der Waals surface area (Å²) < 4.78 is 9.97. The van der Waals surface area contributed by atoms with Crippen molar-refractivity contribution in [3.05, 3.63) is 0 Å². The lowest BCUT2D eigenvalue weighted by Crippen LogP contribution is -2.75. The summed E-state index contributed by atoms with van der Waals surface area (Å²) in [6, 6.07) is 4.22. The third-order valence-corrected chi connectivity index (χ3v) is 8.58. The second-order valence-electron chi connectivity index (χ2n) is 9.70. The van der Waals surface area contributed by atoms with E-state index < -0.39 is 50.6 Å². The molecule has 1 aliphatic heterocycles. The molecule has 7 heteroatoms. The van der Waals surface area contributed by atoms with Crippen molar-refractivity contribution in [3.63, 3.8) is 0 Å². The van der Waals surface area contributed by atoms with Crippen molar-refractivity contribution < 1.29 is 19.1 Å². The van der Waals surface area contributed by atoms with Gasteiger partial charge < -0.3 is 9.47 Å². The number of rotatable bonds is 4. The molecule has 0 bridgehead atoms. The Kier molecular flexibility index (Phi) is 5.37. The van der Waals surface area contributed by atoms with Crippen LogP contribution in [-0.2, 0) is 19.1 Å². The van der Waals surface area contributed by atoms with Gasteiger partial charge in [-0.25, -0.2) is 0 Å². The van der Waals surface area contributed by atoms with E-state index in [0.29, 0.717) is 0 Å². The van der Waals surface area contributed by atoms with Gasteiger partial charge in [0.1, 0.15) is 0 Å². The Morgan fingerprint density at radius 3 is 1.71 bits per heavy atom. The summed E-state index contributed by atoms with van der Waals surface area (Å²) in [6.45, 7) is 14.7. The fourth-order valence-corrected chi connectivity index (χ4v) is 8.11.